The van der Waals surface area contributed by atoms with E-state index in [1.165, 1.54) is 35.4 Å². The lowest BCUT2D eigenvalue weighted by atomic mass is 10.3. The highest BCUT2D eigenvalue weighted by molar-refractivity contribution is 9.10. The summed E-state index contributed by atoms with van der Waals surface area (Å²) >= 11 is 9.16. The van der Waals surface area contributed by atoms with Gasteiger partial charge in [0.2, 0.25) is 5.91 Å². The Labute approximate surface area is 169 Å². The molecule has 0 unspecified atom stereocenters. The number of nitrogens with zero attached hydrogens (tertiary/aromatic N) is 5. The number of benzene rings is 1. The van der Waals surface area contributed by atoms with Crippen LogP contribution in [0.2, 0.25) is 5.02 Å². The van der Waals surface area contributed by atoms with E-state index in [0.29, 0.717) is 0 Å². The van der Waals surface area contributed by atoms with Gasteiger partial charge in [0.15, 0.2) is 15.9 Å². The predicted molar refractivity (Wildman–Crippen MR) is 105 cm³/mol. The number of rotatable bonds is 4. The van der Waals surface area contributed by atoms with Gasteiger partial charge in [-0.3, -0.25) is 33.4 Å². The molecule has 146 valence electrons. The van der Waals surface area contributed by atoms with Crippen molar-refractivity contribution in [2.45, 2.75) is 6.54 Å². The molecular weight excluding hydrogens is 460 g/mol. The molecule has 1 N–H and O–H groups in total. The molecule has 1 aromatic carbocycles. The maximum atomic E-state index is 12.5. The van der Waals surface area contributed by atoms with E-state index in [1.807, 2.05) is 0 Å². The maximum Gasteiger partial charge on any atom is 0.332 e. The highest BCUT2D eigenvalue weighted by Gasteiger charge is 2.20. The van der Waals surface area contributed by atoms with Crippen molar-refractivity contribution in [2.24, 2.45) is 14.1 Å². The number of nitro groups is 1. The maximum absolute atomic E-state index is 12.5. The number of hydrogen-bond donors (Lipinski definition) is 1. The lowest BCUT2D eigenvalue weighted by Gasteiger charge is -2.11. The van der Waals surface area contributed by atoms with Crippen LogP contribution in [0.3, 0.4) is 0 Å². The van der Waals surface area contributed by atoms with Crippen LogP contribution in [-0.2, 0) is 25.4 Å². The third kappa shape index (κ3) is 3.31. The third-order valence-corrected chi connectivity index (χ3v) is 4.95. The number of aromatic nitrogens is 4. The first-order valence-corrected chi connectivity index (χ1v) is 8.84. The summed E-state index contributed by atoms with van der Waals surface area (Å²) in [6.07, 6.45) is 0. The van der Waals surface area contributed by atoms with Crippen LogP contribution >= 0.6 is 27.5 Å². The molecule has 3 rings (SSSR count). The predicted octanol–water partition coefficient (Wildman–Crippen LogP) is 1.40. The van der Waals surface area contributed by atoms with Crippen molar-refractivity contribution in [3.8, 4) is 0 Å². The van der Waals surface area contributed by atoms with Crippen molar-refractivity contribution in [3.63, 3.8) is 0 Å². The molecule has 0 atom stereocenters. The number of aryl methyl sites for hydroxylation is 1. The van der Waals surface area contributed by atoms with Crippen molar-refractivity contribution in [1.29, 1.82) is 0 Å². The van der Waals surface area contributed by atoms with Crippen molar-refractivity contribution >= 4 is 56.0 Å². The van der Waals surface area contributed by atoms with Crippen LogP contribution in [0.4, 0.5) is 11.4 Å². The summed E-state index contributed by atoms with van der Waals surface area (Å²) in [4.78, 5) is 51.1. The molecule has 3 aromatic rings. The van der Waals surface area contributed by atoms with Crippen LogP contribution in [0, 0.1) is 10.1 Å². The Balaban J connectivity index is 1.96. The number of imidazole rings is 1. The van der Waals surface area contributed by atoms with Gasteiger partial charge in [-0.05, 0) is 22.0 Å². The van der Waals surface area contributed by atoms with Gasteiger partial charge in [-0.1, -0.05) is 11.6 Å². The standard InChI is InChI=1S/C15H12BrClN6O5/c1-20-12-11(13(25)21(2)15(20)26)19-14(16)22(12)6-10(24)18-9-4-3-7(23(27)28)5-8(9)17/h3-5H,6H2,1-2H3,(H,18,24). The Morgan fingerprint density at radius 1 is 1.32 bits per heavy atom. The van der Waals surface area contributed by atoms with E-state index in [-0.39, 0.29) is 38.8 Å². The van der Waals surface area contributed by atoms with E-state index in [9.17, 15) is 24.5 Å². The second kappa shape index (κ2) is 7.20. The van der Waals surface area contributed by atoms with Crippen LogP contribution < -0.4 is 16.6 Å². The zero-order valence-corrected chi connectivity index (χ0v) is 16.8. The SMILES string of the molecule is Cn1c(=O)c2nc(Br)n(CC(=O)Nc3ccc([N+](=O)[O-])cc3Cl)c2n(C)c1=O. The number of nitro benzene ring substituents is 1. The largest absolute Gasteiger partial charge is 0.332 e. The Bertz CT molecular complexity index is 1260. The topological polar surface area (TPSA) is 134 Å². The summed E-state index contributed by atoms with van der Waals surface area (Å²) in [6, 6.07) is 3.63. The second-order valence-electron chi connectivity index (χ2n) is 5.81. The molecule has 0 radical (unpaired) electrons. The van der Waals surface area contributed by atoms with E-state index in [1.54, 1.807) is 0 Å². The summed E-state index contributed by atoms with van der Waals surface area (Å²) < 4.78 is 3.67. The van der Waals surface area contributed by atoms with Crippen LogP contribution in [-0.4, -0.2) is 29.5 Å². The van der Waals surface area contributed by atoms with Crippen LogP contribution in [0.15, 0.2) is 32.5 Å². The molecule has 0 aliphatic carbocycles. The number of non-ortho nitro benzene ring substituents is 1. The summed E-state index contributed by atoms with van der Waals surface area (Å²) in [5.74, 6) is -0.538. The third-order valence-electron chi connectivity index (χ3n) is 4.03. The van der Waals surface area contributed by atoms with Crippen LogP contribution in [0.5, 0.6) is 0 Å². The first kappa shape index (κ1) is 19.8. The zero-order valence-electron chi connectivity index (χ0n) is 14.5. The molecule has 0 bridgehead atoms. The highest BCUT2D eigenvalue weighted by Crippen LogP contribution is 2.27. The first-order valence-electron chi connectivity index (χ1n) is 7.67. The molecule has 28 heavy (non-hydrogen) atoms. The molecule has 0 saturated heterocycles. The van der Waals surface area contributed by atoms with Crippen molar-refractivity contribution in [3.05, 3.63) is 58.9 Å². The average Bonchev–Trinajstić information content (AvgIpc) is 2.96. The minimum absolute atomic E-state index is 0.00151. The normalized spacial score (nSPS) is 11.0. The zero-order chi connectivity index (χ0) is 20.7. The minimum atomic E-state index is -0.604. The Kier molecular flexibility index (Phi) is 5.08. The average molecular weight is 472 g/mol. The van der Waals surface area contributed by atoms with Crippen molar-refractivity contribution in [2.75, 3.05) is 5.32 Å². The summed E-state index contributed by atoms with van der Waals surface area (Å²) in [6.45, 7) is -0.287. The molecule has 2 heterocycles. The van der Waals surface area contributed by atoms with Gasteiger partial charge in [0.05, 0.1) is 15.6 Å². The number of anilines is 1. The Morgan fingerprint density at radius 2 is 2.00 bits per heavy atom. The number of carbonyl (C=O) groups is 1. The lowest BCUT2D eigenvalue weighted by Crippen LogP contribution is -2.37. The molecule has 0 aliphatic heterocycles. The molecule has 0 spiro atoms. The lowest BCUT2D eigenvalue weighted by molar-refractivity contribution is -0.384. The summed E-state index contributed by atoms with van der Waals surface area (Å²) in [7, 11) is 2.79. The Morgan fingerprint density at radius 3 is 2.61 bits per heavy atom. The number of hydrogen-bond acceptors (Lipinski definition) is 6. The summed E-state index contributed by atoms with van der Waals surface area (Å²) in [5, 5.41) is 13.3. The highest BCUT2D eigenvalue weighted by atomic mass is 79.9. The smallest absolute Gasteiger partial charge is 0.323 e. The van der Waals surface area contributed by atoms with Gasteiger partial charge in [0.25, 0.3) is 11.2 Å². The fourth-order valence-corrected chi connectivity index (χ4v) is 3.35. The van der Waals surface area contributed by atoms with Gasteiger partial charge >= 0.3 is 5.69 Å². The molecule has 0 saturated carbocycles. The number of halogens is 2. The van der Waals surface area contributed by atoms with Crippen LogP contribution in [0.1, 0.15) is 0 Å². The van der Waals surface area contributed by atoms with Crippen molar-refractivity contribution < 1.29 is 9.72 Å². The Hall–Kier alpha value is -2.99. The fraction of sp³-hybridized carbons (Fsp3) is 0.200. The number of carbonyl (C=O) groups excluding carboxylic acids is 1. The molecule has 0 fully saturated rings. The van der Waals surface area contributed by atoms with Gasteiger partial charge in [0.1, 0.15) is 6.54 Å². The number of amides is 1. The van der Waals surface area contributed by atoms with Gasteiger partial charge in [-0.2, -0.15) is 0 Å². The molecular formula is C15H12BrClN6O5. The molecule has 13 heteroatoms. The summed E-state index contributed by atoms with van der Waals surface area (Å²) in [5.41, 5.74) is -0.983. The monoisotopic (exact) mass is 470 g/mol. The van der Waals surface area contributed by atoms with Gasteiger partial charge in [-0.25, -0.2) is 9.78 Å². The van der Waals surface area contributed by atoms with Crippen molar-refractivity contribution in [1.82, 2.24) is 18.7 Å². The van der Waals surface area contributed by atoms with Crippen LogP contribution in [0.25, 0.3) is 11.2 Å². The van der Waals surface area contributed by atoms with E-state index in [4.69, 9.17) is 11.6 Å². The molecule has 11 nitrogen and oxygen atoms in total. The van der Waals surface area contributed by atoms with E-state index >= 15 is 0 Å². The fourth-order valence-electron chi connectivity index (χ4n) is 2.65. The first-order chi connectivity index (χ1) is 13.1. The molecule has 1 amide bonds. The second-order valence-corrected chi connectivity index (χ2v) is 6.93. The number of nitrogens with one attached hydrogen (secondary N) is 1. The number of fused-ring (bicyclic) bond motifs is 1. The quantitative estimate of drug-likeness (QED) is 0.347. The minimum Gasteiger partial charge on any atom is -0.323 e. The molecule has 0 aliphatic rings. The van der Waals surface area contributed by atoms with E-state index in [0.717, 1.165) is 10.6 Å². The van der Waals surface area contributed by atoms with E-state index < -0.39 is 22.1 Å². The molecule has 2 aromatic heterocycles. The van der Waals surface area contributed by atoms with Gasteiger partial charge < -0.3 is 5.32 Å². The van der Waals surface area contributed by atoms with Gasteiger partial charge in [-0.15, -0.1) is 0 Å². The van der Waals surface area contributed by atoms with Gasteiger partial charge in [0, 0.05) is 26.2 Å². The van der Waals surface area contributed by atoms with E-state index in [2.05, 4.69) is 26.2 Å².